The number of anilines is 1. The molecule has 0 unspecified atom stereocenters. The van der Waals surface area contributed by atoms with Crippen molar-refractivity contribution < 1.29 is 9.47 Å². The Balaban J connectivity index is 1.49. The van der Waals surface area contributed by atoms with Crippen LogP contribution in [0.25, 0.3) is 0 Å². The molecule has 7 heteroatoms. The van der Waals surface area contributed by atoms with Crippen LogP contribution in [0.5, 0.6) is 0 Å². The zero-order valence-electron chi connectivity index (χ0n) is 13.1. The summed E-state index contributed by atoms with van der Waals surface area (Å²) in [7, 11) is 0. The van der Waals surface area contributed by atoms with Gasteiger partial charge in [-0.1, -0.05) is 11.3 Å². The Morgan fingerprint density at radius 3 is 3.00 bits per heavy atom. The van der Waals surface area contributed by atoms with Gasteiger partial charge in [0.05, 0.1) is 12.6 Å². The lowest BCUT2D eigenvalue weighted by atomic mass is 10.0. The molecule has 0 bridgehead atoms. The fourth-order valence-electron chi connectivity index (χ4n) is 3.36. The molecule has 2 aromatic rings. The van der Waals surface area contributed by atoms with Gasteiger partial charge in [0.1, 0.15) is 17.2 Å². The normalized spacial score (nSPS) is 27.2. The molecule has 0 spiro atoms. The SMILES string of the molecule is Cc1nnc(N2C[C@@H](OCc3ccncc3)[C@@H]3OCCC[C@@H]32)s1. The van der Waals surface area contributed by atoms with E-state index in [1.54, 1.807) is 23.7 Å². The lowest BCUT2D eigenvalue weighted by Gasteiger charge is -2.31. The van der Waals surface area contributed by atoms with Gasteiger partial charge in [-0.15, -0.1) is 10.2 Å². The van der Waals surface area contributed by atoms with Gasteiger partial charge in [-0.25, -0.2) is 0 Å². The maximum atomic E-state index is 6.18. The van der Waals surface area contributed by atoms with Gasteiger partial charge in [0.25, 0.3) is 0 Å². The molecule has 3 atom stereocenters. The summed E-state index contributed by atoms with van der Waals surface area (Å²) in [5.41, 5.74) is 1.14. The highest BCUT2D eigenvalue weighted by Crippen LogP contribution is 2.35. The summed E-state index contributed by atoms with van der Waals surface area (Å²) in [5.74, 6) is 0. The predicted molar refractivity (Wildman–Crippen MR) is 87.6 cm³/mol. The third kappa shape index (κ3) is 3.08. The molecule has 0 aromatic carbocycles. The van der Waals surface area contributed by atoms with Crippen LogP contribution in [0.1, 0.15) is 23.4 Å². The first-order valence-corrected chi connectivity index (χ1v) is 8.82. The molecule has 0 amide bonds. The molecular weight excluding hydrogens is 312 g/mol. The Kier molecular flexibility index (Phi) is 4.24. The van der Waals surface area contributed by atoms with Gasteiger partial charge in [-0.2, -0.15) is 0 Å². The maximum Gasteiger partial charge on any atom is 0.208 e. The van der Waals surface area contributed by atoms with Crippen LogP contribution in [-0.2, 0) is 16.1 Å². The number of aryl methyl sites for hydroxylation is 1. The van der Waals surface area contributed by atoms with Crippen LogP contribution in [0.15, 0.2) is 24.5 Å². The molecule has 23 heavy (non-hydrogen) atoms. The highest BCUT2D eigenvalue weighted by atomic mass is 32.1. The van der Waals surface area contributed by atoms with Crippen molar-refractivity contribution in [2.45, 2.75) is 44.6 Å². The Labute approximate surface area is 139 Å². The summed E-state index contributed by atoms with van der Waals surface area (Å²) in [6.45, 7) is 4.21. The van der Waals surface area contributed by atoms with Gasteiger partial charge >= 0.3 is 0 Å². The minimum atomic E-state index is 0.0673. The molecule has 2 aliphatic heterocycles. The summed E-state index contributed by atoms with van der Waals surface area (Å²) in [4.78, 5) is 6.37. The van der Waals surface area contributed by atoms with Crippen LogP contribution in [0, 0.1) is 6.92 Å². The van der Waals surface area contributed by atoms with Gasteiger partial charge in [0.2, 0.25) is 5.13 Å². The summed E-state index contributed by atoms with van der Waals surface area (Å²) in [6, 6.07) is 4.32. The Hall–Kier alpha value is -1.57. The first-order valence-electron chi connectivity index (χ1n) is 8.00. The molecule has 6 nitrogen and oxygen atoms in total. The van der Waals surface area contributed by atoms with Crippen LogP contribution < -0.4 is 4.90 Å². The van der Waals surface area contributed by atoms with E-state index in [1.165, 1.54) is 0 Å². The zero-order valence-corrected chi connectivity index (χ0v) is 13.9. The molecule has 4 rings (SSSR count). The molecule has 2 aromatic heterocycles. The molecule has 2 saturated heterocycles. The number of nitrogens with zero attached hydrogens (tertiary/aromatic N) is 4. The zero-order chi connectivity index (χ0) is 15.6. The van der Waals surface area contributed by atoms with Gasteiger partial charge < -0.3 is 14.4 Å². The number of fused-ring (bicyclic) bond motifs is 1. The van der Waals surface area contributed by atoms with Crippen molar-refractivity contribution in [3.63, 3.8) is 0 Å². The van der Waals surface area contributed by atoms with Crippen LogP contribution in [-0.4, -0.2) is 46.6 Å². The highest BCUT2D eigenvalue weighted by Gasteiger charge is 2.45. The van der Waals surface area contributed by atoms with E-state index in [4.69, 9.17) is 9.47 Å². The summed E-state index contributed by atoms with van der Waals surface area (Å²) < 4.78 is 12.2. The predicted octanol–water partition coefficient (Wildman–Crippen LogP) is 2.19. The van der Waals surface area contributed by atoms with E-state index >= 15 is 0 Å². The minimum absolute atomic E-state index is 0.0673. The van der Waals surface area contributed by atoms with E-state index < -0.39 is 0 Å². The average Bonchev–Trinajstić information content (AvgIpc) is 3.18. The van der Waals surface area contributed by atoms with Gasteiger partial charge in [-0.3, -0.25) is 4.98 Å². The fourth-order valence-corrected chi connectivity index (χ4v) is 4.12. The number of aromatic nitrogens is 3. The van der Waals surface area contributed by atoms with E-state index in [0.717, 1.165) is 41.7 Å². The molecule has 4 heterocycles. The van der Waals surface area contributed by atoms with Crippen LogP contribution in [0.4, 0.5) is 5.13 Å². The van der Waals surface area contributed by atoms with E-state index in [1.807, 2.05) is 19.1 Å². The third-order valence-electron chi connectivity index (χ3n) is 4.45. The van der Waals surface area contributed by atoms with Crippen LogP contribution in [0.3, 0.4) is 0 Å². The van der Waals surface area contributed by atoms with Crippen LogP contribution >= 0.6 is 11.3 Å². The third-order valence-corrected chi connectivity index (χ3v) is 5.33. The lowest BCUT2D eigenvalue weighted by molar-refractivity contribution is -0.0784. The monoisotopic (exact) mass is 332 g/mol. The summed E-state index contributed by atoms with van der Waals surface area (Å²) in [5, 5.41) is 10.5. The molecule has 0 aliphatic carbocycles. The fraction of sp³-hybridized carbons (Fsp3) is 0.562. The second-order valence-electron chi connectivity index (χ2n) is 6.01. The van der Waals surface area contributed by atoms with Gasteiger partial charge in [0.15, 0.2) is 0 Å². The molecule has 0 saturated carbocycles. The van der Waals surface area contributed by atoms with Crippen LogP contribution in [0.2, 0.25) is 0 Å². The number of pyridine rings is 1. The number of hydrogen-bond donors (Lipinski definition) is 0. The van der Waals surface area contributed by atoms with Crippen molar-refractivity contribution in [3.8, 4) is 0 Å². The van der Waals surface area contributed by atoms with Gasteiger partial charge in [0, 0.05) is 25.5 Å². The molecule has 0 radical (unpaired) electrons. The average molecular weight is 332 g/mol. The molecule has 0 N–H and O–H groups in total. The highest BCUT2D eigenvalue weighted by molar-refractivity contribution is 7.15. The smallest absolute Gasteiger partial charge is 0.208 e. The Morgan fingerprint density at radius 1 is 1.35 bits per heavy atom. The summed E-state index contributed by atoms with van der Waals surface area (Å²) in [6.07, 6.45) is 5.99. The van der Waals surface area contributed by atoms with Crippen molar-refractivity contribution >= 4 is 16.5 Å². The second-order valence-corrected chi connectivity index (χ2v) is 7.17. The quantitative estimate of drug-likeness (QED) is 0.855. The first kappa shape index (κ1) is 15.0. The minimum Gasteiger partial charge on any atom is -0.373 e. The standard InChI is InChI=1S/C16H20N4O2S/c1-11-18-19-16(23-11)20-9-14(15-13(20)3-2-8-21-15)22-10-12-4-6-17-7-5-12/h4-7,13-15H,2-3,8-10H2,1H3/t13-,14+,15+/m0/s1. The van der Waals surface area contributed by atoms with Gasteiger partial charge in [-0.05, 0) is 37.5 Å². The molecule has 122 valence electrons. The summed E-state index contributed by atoms with van der Waals surface area (Å²) >= 11 is 1.64. The molecule has 2 fully saturated rings. The van der Waals surface area contributed by atoms with Crippen molar-refractivity contribution in [3.05, 3.63) is 35.1 Å². The Bertz CT molecular complexity index is 651. The molecular formula is C16H20N4O2S. The van der Waals surface area contributed by atoms with Crippen molar-refractivity contribution in [2.75, 3.05) is 18.1 Å². The second kappa shape index (κ2) is 6.51. The van der Waals surface area contributed by atoms with E-state index in [-0.39, 0.29) is 12.2 Å². The first-order chi connectivity index (χ1) is 11.3. The molecule has 2 aliphatic rings. The number of hydrogen-bond acceptors (Lipinski definition) is 7. The number of rotatable bonds is 4. The van der Waals surface area contributed by atoms with E-state index in [9.17, 15) is 0 Å². The lowest BCUT2D eigenvalue weighted by Crippen LogP contribution is -2.42. The van der Waals surface area contributed by atoms with Crippen molar-refractivity contribution in [1.82, 2.24) is 15.2 Å². The largest absolute Gasteiger partial charge is 0.373 e. The van der Waals surface area contributed by atoms with Crippen molar-refractivity contribution in [1.29, 1.82) is 0 Å². The van der Waals surface area contributed by atoms with E-state index in [0.29, 0.717) is 12.6 Å². The van der Waals surface area contributed by atoms with Crippen molar-refractivity contribution in [2.24, 2.45) is 0 Å². The topological polar surface area (TPSA) is 60.4 Å². The van der Waals surface area contributed by atoms with E-state index in [2.05, 4.69) is 20.1 Å². The Morgan fingerprint density at radius 2 is 2.22 bits per heavy atom. The maximum absolute atomic E-state index is 6.18. The number of ether oxygens (including phenoxy) is 2.